The zero-order chi connectivity index (χ0) is 12.3. The van der Waals surface area contributed by atoms with E-state index < -0.39 is 0 Å². The van der Waals surface area contributed by atoms with Crippen molar-refractivity contribution in [1.82, 2.24) is 9.88 Å². The van der Waals surface area contributed by atoms with Gasteiger partial charge in [-0.3, -0.25) is 9.78 Å². The highest BCUT2D eigenvalue weighted by Crippen LogP contribution is 2.15. The molecular weight excluding hydrogens is 214 g/mol. The van der Waals surface area contributed by atoms with E-state index in [1.807, 2.05) is 18.3 Å². The van der Waals surface area contributed by atoms with E-state index in [1.165, 1.54) is 6.42 Å². The summed E-state index contributed by atoms with van der Waals surface area (Å²) in [5, 5.41) is 0. The first kappa shape index (κ1) is 12.0. The SMILES string of the molecule is CC(=O)c1ccc(N2CCCN(C)CC2)cn1. The lowest BCUT2D eigenvalue weighted by Crippen LogP contribution is -2.28. The number of nitrogens with zero attached hydrogens (tertiary/aromatic N) is 3. The summed E-state index contributed by atoms with van der Waals surface area (Å²) in [7, 11) is 2.15. The number of rotatable bonds is 2. The Bertz CT molecular complexity index is 388. The van der Waals surface area contributed by atoms with Gasteiger partial charge in [0.1, 0.15) is 5.69 Å². The average molecular weight is 233 g/mol. The van der Waals surface area contributed by atoms with E-state index in [4.69, 9.17) is 0 Å². The van der Waals surface area contributed by atoms with Crippen LogP contribution in [0, 0.1) is 0 Å². The van der Waals surface area contributed by atoms with Gasteiger partial charge in [-0.2, -0.15) is 0 Å². The van der Waals surface area contributed by atoms with Gasteiger partial charge in [-0.15, -0.1) is 0 Å². The van der Waals surface area contributed by atoms with Crippen molar-refractivity contribution in [2.24, 2.45) is 0 Å². The van der Waals surface area contributed by atoms with E-state index >= 15 is 0 Å². The lowest BCUT2D eigenvalue weighted by atomic mass is 10.2. The third-order valence-corrected chi connectivity index (χ3v) is 3.19. The first-order chi connectivity index (χ1) is 8.16. The summed E-state index contributed by atoms with van der Waals surface area (Å²) in [6, 6.07) is 3.81. The summed E-state index contributed by atoms with van der Waals surface area (Å²) < 4.78 is 0. The number of carbonyl (C=O) groups is 1. The van der Waals surface area contributed by atoms with Crippen LogP contribution in [-0.4, -0.2) is 48.9 Å². The molecule has 0 spiro atoms. The van der Waals surface area contributed by atoms with Gasteiger partial charge in [-0.25, -0.2) is 0 Å². The Hall–Kier alpha value is -1.42. The van der Waals surface area contributed by atoms with Gasteiger partial charge < -0.3 is 9.80 Å². The van der Waals surface area contributed by atoms with Crippen LogP contribution in [0.15, 0.2) is 18.3 Å². The van der Waals surface area contributed by atoms with Crippen LogP contribution in [0.4, 0.5) is 5.69 Å². The van der Waals surface area contributed by atoms with Gasteiger partial charge in [0, 0.05) is 26.6 Å². The molecule has 0 atom stereocenters. The maximum Gasteiger partial charge on any atom is 0.178 e. The smallest absolute Gasteiger partial charge is 0.178 e. The molecule has 0 saturated carbocycles. The monoisotopic (exact) mass is 233 g/mol. The van der Waals surface area contributed by atoms with E-state index in [0.717, 1.165) is 31.9 Å². The van der Waals surface area contributed by atoms with Crippen LogP contribution in [0.2, 0.25) is 0 Å². The number of carbonyl (C=O) groups excluding carboxylic acids is 1. The number of ketones is 1. The highest BCUT2D eigenvalue weighted by molar-refractivity contribution is 5.92. The Morgan fingerprint density at radius 1 is 1.24 bits per heavy atom. The van der Waals surface area contributed by atoms with Gasteiger partial charge >= 0.3 is 0 Å². The number of Topliss-reactive ketones (excluding diaryl/α,β-unsaturated/α-hetero) is 1. The van der Waals surface area contributed by atoms with Crippen molar-refractivity contribution in [1.29, 1.82) is 0 Å². The van der Waals surface area contributed by atoms with Crippen molar-refractivity contribution >= 4 is 11.5 Å². The van der Waals surface area contributed by atoms with E-state index in [9.17, 15) is 4.79 Å². The van der Waals surface area contributed by atoms with Crippen LogP contribution in [0.1, 0.15) is 23.8 Å². The van der Waals surface area contributed by atoms with Crippen molar-refractivity contribution in [2.45, 2.75) is 13.3 Å². The summed E-state index contributed by atoms with van der Waals surface area (Å²) >= 11 is 0. The van der Waals surface area contributed by atoms with E-state index in [0.29, 0.717) is 5.69 Å². The van der Waals surface area contributed by atoms with E-state index in [2.05, 4.69) is 21.8 Å². The fraction of sp³-hybridized carbons (Fsp3) is 0.538. The predicted octanol–water partition coefficient (Wildman–Crippen LogP) is 1.43. The normalized spacial score (nSPS) is 17.9. The van der Waals surface area contributed by atoms with Crippen molar-refractivity contribution in [3.05, 3.63) is 24.0 Å². The molecule has 4 heteroatoms. The number of hydrogen-bond donors (Lipinski definition) is 0. The number of anilines is 1. The number of pyridine rings is 1. The maximum atomic E-state index is 11.1. The topological polar surface area (TPSA) is 36.4 Å². The lowest BCUT2D eigenvalue weighted by molar-refractivity contribution is 0.101. The summed E-state index contributed by atoms with van der Waals surface area (Å²) in [6.45, 7) is 5.86. The minimum atomic E-state index is 0.0205. The van der Waals surface area contributed by atoms with E-state index in [-0.39, 0.29) is 5.78 Å². The van der Waals surface area contributed by atoms with Gasteiger partial charge in [0.25, 0.3) is 0 Å². The molecule has 0 aliphatic carbocycles. The first-order valence-corrected chi connectivity index (χ1v) is 6.07. The summed E-state index contributed by atoms with van der Waals surface area (Å²) in [6.07, 6.45) is 2.98. The second kappa shape index (κ2) is 5.27. The van der Waals surface area contributed by atoms with Crippen LogP contribution in [-0.2, 0) is 0 Å². The molecular formula is C13H19N3O. The molecule has 1 aliphatic heterocycles. The quantitative estimate of drug-likeness (QED) is 0.724. The minimum absolute atomic E-state index is 0.0205. The van der Waals surface area contributed by atoms with Gasteiger partial charge in [0.2, 0.25) is 0 Å². The standard InChI is InChI=1S/C13H19N3O/c1-11(17)13-5-4-12(10-14-13)16-7-3-6-15(2)8-9-16/h4-5,10H,3,6-9H2,1-2H3. The Balaban J connectivity index is 2.08. The van der Waals surface area contributed by atoms with Crippen LogP contribution in [0.3, 0.4) is 0 Å². The van der Waals surface area contributed by atoms with Crippen molar-refractivity contribution in [3.63, 3.8) is 0 Å². The fourth-order valence-corrected chi connectivity index (χ4v) is 2.09. The molecule has 0 amide bonds. The van der Waals surface area contributed by atoms with Gasteiger partial charge in [-0.05, 0) is 32.1 Å². The molecule has 1 saturated heterocycles. The Kier molecular flexibility index (Phi) is 3.74. The molecule has 1 fully saturated rings. The third kappa shape index (κ3) is 3.03. The van der Waals surface area contributed by atoms with Crippen LogP contribution in [0.25, 0.3) is 0 Å². The van der Waals surface area contributed by atoms with Crippen molar-refractivity contribution in [3.8, 4) is 0 Å². The largest absolute Gasteiger partial charge is 0.369 e. The van der Waals surface area contributed by atoms with E-state index in [1.54, 1.807) is 6.92 Å². The van der Waals surface area contributed by atoms with Gasteiger partial charge in [-0.1, -0.05) is 0 Å². The molecule has 1 aromatic heterocycles. The third-order valence-electron chi connectivity index (χ3n) is 3.19. The summed E-state index contributed by atoms with van der Waals surface area (Å²) in [5.74, 6) is 0.0205. The van der Waals surface area contributed by atoms with Crippen LogP contribution in [0.5, 0.6) is 0 Å². The molecule has 1 aliphatic rings. The minimum Gasteiger partial charge on any atom is -0.369 e. The first-order valence-electron chi connectivity index (χ1n) is 6.07. The fourth-order valence-electron chi connectivity index (χ4n) is 2.09. The molecule has 4 nitrogen and oxygen atoms in total. The number of aromatic nitrogens is 1. The van der Waals surface area contributed by atoms with Crippen LogP contribution >= 0.6 is 0 Å². The Labute approximate surface area is 102 Å². The molecule has 0 bridgehead atoms. The molecule has 0 aromatic carbocycles. The van der Waals surface area contributed by atoms with Crippen molar-refractivity contribution in [2.75, 3.05) is 38.1 Å². The zero-order valence-corrected chi connectivity index (χ0v) is 10.5. The molecule has 2 rings (SSSR count). The van der Waals surface area contributed by atoms with Crippen molar-refractivity contribution < 1.29 is 4.79 Å². The molecule has 2 heterocycles. The van der Waals surface area contributed by atoms with Gasteiger partial charge in [0.05, 0.1) is 11.9 Å². The highest BCUT2D eigenvalue weighted by atomic mass is 16.1. The molecule has 1 aromatic rings. The molecule has 17 heavy (non-hydrogen) atoms. The average Bonchev–Trinajstić information content (AvgIpc) is 2.54. The molecule has 0 unspecified atom stereocenters. The maximum absolute atomic E-state index is 11.1. The Morgan fingerprint density at radius 2 is 2.06 bits per heavy atom. The number of likely N-dealkylation sites (N-methyl/N-ethyl adjacent to an activating group) is 1. The summed E-state index contributed by atoms with van der Waals surface area (Å²) in [4.78, 5) is 20.0. The molecule has 0 radical (unpaired) electrons. The second-order valence-corrected chi connectivity index (χ2v) is 4.60. The highest BCUT2D eigenvalue weighted by Gasteiger charge is 2.13. The predicted molar refractivity (Wildman–Crippen MR) is 68.6 cm³/mol. The molecule has 92 valence electrons. The lowest BCUT2D eigenvalue weighted by Gasteiger charge is -2.22. The van der Waals surface area contributed by atoms with Crippen LogP contribution < -0.4 is 4.90 Å². The summed E-state index contributed by atoms with van der Waals surface area (Å²) in [5.41, 5.74) is 1.66. The van der Waals surface area contributed by atoms with Gasteiger partial charge in [0.15, 0.2) is 5.78 Å². The molecule has 0 N–H and O–H groups in total. The zero-order valence-electron chi connectivity index (χ0n) is 10.5. The Morgan fingerprint density at radius 3 is 2.71 bits per heavy atom. The number of hydrogen-bond acceptors (Lipinski definition) is 4. The second-order valence-electron chi connectivity index (χ2n) is 4.60.